The first-order chi connectivity index (χ1) is 19.1. The fourth-order valence-corrected chi connectivity index (χ4v) is 5.44. The summed E-state index contributed by atoms with van der Waals surface area (Å²) in [7, 11) is 0. The number of β-amino-alcohol motifs (C(OH)–C–C–N with tert-alkyl or cyclic N) is 1. The van der Waals surface area contributed by atoms with Crippen molar-refractivity contribution in [1.29, 1.82) is 0 Å². The maximum atomic E-state index is 14.5. The predicted molar refractivity (Wildman–Crippen MR) is 157 cm³/mol. The molecular formula is C29H26Cl3FN4O3. The zero-order chi connectivity index (χ0) is 28.6. The zero-order valence-corrected chi connectivity index (χ0v) is 23.5. The van der Waals surface area contributed by atoms with Crippen molar-refractivity contribution >= 4 is 57.8 Å². The number of ether oxygens (including phenoxy) is 1. The van der Waals surface area contributed by atoms with E-state index >= 15 is 0 Å². The number of nitrogens with two attached hydrogens (primary N) is 1. The Kier molecular flexibility index (Phi) is 7.97. The van der Waals surface area contributed by atoms with Gasteiger partial charge in [0.25, 0.3) is 0 Å². The van der Waals surface area contributed by atoms with E-state index in [0.717, 1.165) is 24.5 Å². The summed E-state index contributed by atoms with van der Waals surface area (Å²) >= 11 is 19.3. The SMILES string of the molecule is C=C(O)c1cnc(N2CC(O)(c3ccc(OCC(=Nc4c(Cl)cccc4Cl)C(=CN)C4CC4)cc3Cl)C2)c(F)c1. The molecular weight excluding hydrogens is 578 g/mol. The lowest BCUT2D eigenvalue weighted by Gasteiger charge is -2.47. The van der Waals surface area contributed by atoms with Gasteiger partial charge >= 0.3 is 0 Å². The van der Waals surface area contributed by atoms with Crippen molar-refractivity contribution < 1.29 is 19.3 Å². The minimum absolute atomic E-state index is 0.0654. The minimum atomic E-state index is -1.31. The van der Waals surface area contributed by atoms with Gasteiger partial charge in [0.2, 0.25) is 0 Å². The van der Waals surface area contributed by atoms with Crippen molar-refractivity contribution in [3.63, 3.8) is 0 Å². The molecule has 0 spiro atoms. The molecule has 2 aromatic carbocycles. The van der Waals surface area contributed by atoms with Crippen LogP contribution in [0.25, 0.3) is 5.76 Å². The van der Waals surface area contributed by atoms with E-state index < -0.39 is 11.4 Å². The Hall–Kier alpha value is -3.30. The third kappa shape index (κ3) is 5.76. The van der Waals surface area contributed by atoms with Crippen molar-refractivity contribution in [2.24, 2.45) is 16.6 Å². The molecule has 0 bridgehead atoms. The van der Waals surface area contributed by atoms with E-state index in [9.17, 15) is 14.6 Å². The Morgan fingerprint density at radius 3 is 2.45 bits per heavy atom. The van der Waals surface area contributed by atoms with Gasteiger partial charge in [-0.2, -0.15) is 0 Å². The second-order valence-electron chi connectivity index (χ2n) is 9.82. The Bertz CT molecular complexity index is 1510. The summed E-state index contributed by atoms with van der Waals surface area (Å²) in [5.41, 5.74) is 7.24. The van der Waals surface area contributed by atoms with E-state index in [1.165, 1.54) is 6.20 Å². The van der Waals surface area contributed by atoms with Crippen LogP contribution in [-0.2, 0) is 5.60 Å². The van der Waals surface area contributed by atoms with Crippen molar-refractivity contribution in [3.8, 4) is 5.75 Å². The molecule has 4 N–H and O–H groups in total. The predicted octanol–water partition coefficient (Wildman–Crippen LogP) is 6.82. The molecule has 0 amide bonds. The van der Waals surface area contributed by atoms with E-state index in [2.05, 4.69) is 11.6 Å². The first-order valence-corrected chi connectivity index (χ1v) is 13.6. The summed E-state index contributed by atoms with van der Waals surface area (Å²) in [4.78, 5) is 10.4. The molecule has 0 atom stereocenters. The Labute approximate surface area is 246 Å². The van der Waals surface area contributed by atoms with Crippen LogP contribution in [0.4, 0.5) is 15.9 Å². The molecule has 0 unspecified atom stereocenters. The van der Waals surface area contributed by atoms with Gasteiger partial charge in [0.15, 0.2) is 11.6 Å². The molecule has 1 saturated heterocycles. The monoisotopic (exact) mass is 602 g/mol. The summed E-state index contributed by atoms with van der Waals surface area (Å²) in [6.45, 7) is 3.63. The molecule has 2 fully saturated rings. The van der Waals surface area contributed by atoms with E-state index in [4.69, 9.17) is 50.3 Å². The average Bonchev–Trinajstić information content (AvgIpc) is 3.73. The summed E-state index contributed by atoms with van der Waals surface area (Å²) in [6, 6.07) is 11.3. The van der Waals surface area contributed by atoms with E-state index in [0.29, 0.717) is 43.7 Å². The number of rotatable bonds is 9. The van der Waals surface area contributed by atoms with Crippen LogP contribution in [0.3, 0.4) is 0 Å². The molecule has 3 aromatic rings. The second kappa shape index (κ2) is 11.3. The lowest BCUT2D eigenvalue weighted by molar-refractivity contribution is 0.00673. The summed E-state index contributed by atoms with van der Waals surface area (Å²) in [6.07, 6.45) is 4.89. The summed E-state index contributed by atoms with van der Waals surface area (Å²) in [5, 5.41) is 21.8. The Morgan fingerprint density at radius 1 is 1.18 bits per heavy atom. The third-order valence-corrected chi connectivity index (χ3v) is 7.81. The number of aliphatic imine (C=N–C) groups is 1. The highest BCUT2D eigenvalue weighted by molar-refractivity contribution is 6.39. The number of para-hydroxylation sites is 1. The highest BCUT2D eigenvalue weighted by Gasteiger charge is 2.45. The number of benzene rings is 2. The van der Waals surface area contributed by atoms with E-state index in [1.54, 1.807) is 47.5 Å². The summed E-state index contributed by atoms with van der Waals surface area (Å²) < 4.78 is 20.6. The van der Waals surface area contributed by atoms with Gasteiger partial charge in [-0.15, -0.1) is 0 Å². The molecule has 1 aromatic heterocycles. The average molecular weight is 604 g/mol. The van der Waals surface area contributed by atoms with Gasteiger partial charge in [-0.1, -0.05) is 53.5 Å². The number of pyridine rings is 1. The largest absolute Gasteiger partial charge is 0.508 e. The van der Waals surface area contributed by atoms with Crippen LogP contribution in [0.1, 0.15) is 24.0 Å². The van der Waals surface area contributed by atoms with Gasteiger partial charge in [0, 0.05) is 17.3 Å². The van der Waals surface area contributed by atoms with Crippen molar-refractivity contribution in [2.45, 2.75) is 18.4 Å². The standard InChI is InChI=1S/C29H26Cl3FN4O3/c1-16(38)18-9-25(33)28(35-12-18)37-14-29(39,15-37)21-8-7-19(10-24(21)32)40-13-26(20(11-34)17-5-6-17)36-27-22(30)3-2-4-23(27)31/h2-4,7-12,17,38-39H,1,5-6,13-15,34H2. The highest BCUT2D eigenvalue weighted by Crippen LogP contribution is 2.41. The molecule has 1 saturated carbocycles. The van der Waals surface area contributed by atoms with Gasteiger partial charge < -0.3 is 25.6 Å². The number of halogens is 4. The topological polar surface area (TPSA) is 104 Å². The molecule has 208 valence electrons. The number of nitrogens with zero attached hydrogens (tertiary/aromatic N) is 3. The maximum absolute atomic E-state index is 14.5. The first-order valence-electron chi connectivity index (χ1n) is 12.5. The van der Waals surface area contributed by atoms with Crippen molar-refractivity contribution in [1.82, 2.24) is 4.98 Å². The molecule has 40 heavy (non-hydrogen) atoms. The van der Waals surface area contributed by atoms with Gasteiger partial charge in [-0.25, -0.2) is 14.4 Å². The lowest BCUT2D eigenvalue weighted by atomic mass is 9.86. The summed E-state index contributed by atoms with van der Waals surface area (Å²) in [5.74, 6) is -0.0755. The van der Waals surface area contributed by atoms with Crippen LogP contribution in [0.15, 0.2) is 72.0 Å². The molecule has 5 rings (SSSR count). The molecule has 1 aliphatic carbocycles. The lowest BCUT2D eigenvalue weighted by Crippen LogP contribution is -2.60. The van der Waals surface area contributed by atoms with Gasteiger partial charge in [-0.05, 0) is 60.9 Å². The first kappa shape index (κ1) is 28.2. The number of hydrogen-bond acceptors (Lipinski definition) is 7. The Morgan fingerprint density at radius 2 is 1.88 bits per heavy atom. The zero-order valence-electron chi connectivity index (χ0n) is 21.2. The smallest absolute Gasteiger partial charge is 0.166 e. The normalized spacial score (nSPS) is 17.0. The van der Waals surface area contributed by atoms with Gasteiger partial charge in [0.05, 0.1) is 33.9 Å². The fraction of sp³-hybridized carbons (Fsp3) is 0.241. The Balaban J connectivity index is 1.31. The van der Waals surface area contributed by atoms with Gasteiger partial charge in [0.1, 0.15) is 29.4 Å². The van der Waals surface area contributed by atoms with Crippen LogP contribution in [0, 0.1) is 11.7 Å². The number of anilines is 1. The number of hydrogen-bond donors (Lipinski definition) is 3. The maximum Gasteiger partial charge on any atom is 0.166 e. The van der Waals surface area contributed by atoms with Crippen LogP contribution >= 0.6 is 34.8 Å². The van der Waals surface area contributed by atoms with Crippen LogP contribution in [-0.4, -0.2) is 40.6 Å². The highest BCUT2D eigenvalue weighted by atomic mass is 35.5. The van der Waals surface area contributed by atoms with Crippen LogP contribution in [0.2, 0.25) is 15.1 Å². The van der Waals surface area contributed by atoms with Crippen LogP contribution < -0.4 is 15.4 Å². The molecule has 7 nitrogen and oxygen atoms in total. The molecule has 0 radical (unpaired) electrons. The third-order valence-electron chi connectivity index (χ3n) is 6.89. The molecule has 11 heteroatoms. The van der Waals surface area contributed by atoms with Gasteiger partial charge in [-0.3, -0.25) is 0 Å². The number of aliphatic hydroxyl groups is 2. The quantitative estimate of drug-likeness (QED) is 0.183. The molecule has 1 aliphatic heterocycles. The van der Waals surface area contributed by atoms with Crippen molar-refractivity contribution in [2.75, 3.05) is 24.6 Å². The second-order valence-corrected chi connectivity index (χ2v) is 11.0. The van der Waals surface area contributed by atoms with E-state index in [-0.39, 0.29) is 36.8 Å². The van der Waals surface area contributed by atoms with Crippen LogP contribution in [0.5, 0.6) is 5.75 Å². The molecule has 2 aliphatic rings. The van der Waals surface area contributed by atoms with Crippen molar-refractivity contribution in [3.05, 3.63) is 99.0 Å². The number of aromatic nitrogens is 1. The molecule has 2 heterocycles. The number of aliphatic hydroxyl groups excluding tert-OH is 1. The van der Waals surface area contributed by atoms with E-state index in [1.807, 2.05) is 0 Å². The fourth-order valence-electron chi connectivity index (χ4n) is 4.61. The minimum Gasteiger partial charge on any atom is -0.508 e.